The van der Waals surface area contributed by atoms with Crippen molar-refractivity contribution < 1.29 is 9.52 Å². The van der Waals surface area contributed by atoms with Crippen LogP contribution in [0.25, 0.3) is 0 Å². The van der Waals surface area contributed by atoms with E-state index in [1.807, 2.05) is 0 Å². The van der Waals surface area contributed by atoms with Crippen molar-refractivity contribution in [3.8, 4) is 5.88 Å². The van der Waals surface area contributed by atoms with Crippen molar-refractivity contribution in [2.24, 2.45) is 23.7 Å². The van der Waals surface area contributed by atoms with Gasteiger partial charge in [-0.3, -0.25) is 0 Å². The Kier molecular flexibility index (Phi) is 2.98. The van der Waals surface area contributed by atoms with Gasteiger partial charge in [-0.15, -0.1) is 0 Å². The smallest absolute Gasteiger partial charge is 0.298 e. The van der Waals surface area contributed by atoms with Gasteiger partial charge in [0.25, 0.3) is 11.9 Å². The van der Waals surface area contributed by atoms with E-state index in [0.717, 1.165) is 24.2 Å². The van der Waals surface area contributed by atoms with E-state index >= 15 is 0 Å². The largest absolute Gasteiger partial charge is 0.491 e. The van der Waals surface area contributed by atoms with Crippen LogP contribution in [0.3, 0.4) is 0 Å². The fraction of sp³-hybridized carbons (Fsp3) is 0.824. The summed E-state index contributed by atoms with van der Waals surface area (Å²) in [4.78, 5) is 4.22. The van der Waals surface area contributed by atoms with Gasteiger partial charge in [0, 0.05) is 12.0 Å². The Morgan fingerprint density at radius 1 is 1.19 bits per heavy atom. The van der Waals surface area contributed by atoms with Crippen LogP contribution in [0, 0.1) is 23.7 Å². The molecule has 1 aromatic rings. The molecule has 0 atom stereocenters. The Bertz CT molecular complexity index is 500. The molecule has 0 amide bonds. The first-order valence-electron chi connectivity index (χ1n) is 8.48. The summed E-state index contributed by atoms with van der Waals surface area (Å²) in [6.07, 6.45) is 8.77. The Morgan fingerprint density at radius 2 is 1.76 bits per heavy atom. The molecule has 2 N–H and O–H groups in total. The molecule has 4 bridgehead atoms. The van der Waals surface area contributed by atoms with Crippen molar-refractivity contribution in [1.82, 2.24) is 4.98 Å². The van der Waals surface area contributed by atoms with Crippen LogP contribution in [0.2, 0.25) is 0 Å². The second kappa shape index (κ2) is 4.65. The average Bonchev–Trinajstić information content (AvgIpc) is 2.65. The van der Waals surface area contributed by atoms with Crippen molar-refractivity contribution >= 4 is 6.01 Å². The second-order valence-corrected chi connectivity index (χ2v) is 8.19. The van der Waals surface area contributed by atoms with Crippen molar-refractivity contribution in [3.63, 3.8) is 0 Å². The van der Waals surface area contributed by atoms with E-state index in [0.29, 0.717) is 17.7 Å². The molecule has 0 aromatic carbocycles. The third-order valence-electron chi connectivity index (χ3n) is 5.68. The van der Waals surface area contributed by atoms with Gasteiger partial charge in [-0.05, 0) is 62.2 Å². The Labute approximate surface area is 126 Å². The van der Waals surface area contributed by atoms with E-state index < -0.39 is 0 Å². The molecule has 4 saturated carbocycles. The second-order valence-electron chi connectivity index (χ2n) is 8.19. The Hall–Kier alpha value is -1.19. The monoisotopic (exact) mass is 290 g/mol. The van der Waals surface area contributed by atoms with Gasteiger partial charge in [-0.1, -0.05) is 13.8 Å². The van der Waals surface area contributed by atoms with Gasteiger partial charge in [0.05, 0.1) is 0 Å². The van der Waals surface area contributed by atoms with E-state index in [-0.39, 0.29) is 11.4 Å². The topological polar surface area (TPSA) is 58.3 Å². The van der Waals surface area contributed by atoms with Crippen LogP contribution >= 0.6 is 0 Å². The number of oxazole rings is 1. The molecule has 0 spiro atoms. The Balaban J connectivity index is 1.53. The molecule has 0 unspecified atom stereocenters. The van der Waals surface area contributed by atoms with Crippen molar-refractivity contribution in [2.45, 2.75) is 64.3 Å². The summed E-state index contributed by atoms with van der Waals surface area (Å²) >= 11 is 0. The first kappa shape index (κ1) is 13.5. The van der Waals surface area contributed by atoms with Crippen LogP contribution in [-0.4, -0.2) is 15.6 Å². The summed E-state index contributed by atoms with van der Waals surface area (Å²) in [6.45, 7) is 4.24. The lowest BCUT2D eigenvalue weighted by atomic mass is 9.53. The summed E-state index contributed by atoms with van der Waals surface area (Å²) in [5.41, 5.74) is 0.182. The SMILES string of the molecule is CC(C)Cc1oc(NC23CC4CC(CC(C4)C2)C3)nc1O. The van der Waals surface area contributed by atoms with E-state index in [1.54, 1.807) is 0 Å². The highest BCUT2D eigenvalue weighted by molar-refractivity contribution is 5.34. The summed E-state index contributed by atoms with van der Waals surface area (Å²) in [7, 11) is 0. The van der Waals surface area contributed by atoms with Crippen LogP contribution in [-0.2, 0) is 6.42 Å². The zero-order valence-electron chi connectivity index (χ0n) is 13.1. The lowest BCUT2D eigenvalue weighted by Crippen LogP contribution is -2.54. The van der Waals surface area contributed by atoms with Crippen LogP contribution in [0.1, 0.15) is 58.1 Å². The number of hydrogen-bond donors (Lipinski definition) is 2. The molecule has 0 aliphatic heterocycles. The highest BCUT2D eigenvalue weighted by atomic mass is 16.4. The van der Waals surface area contributed by atoms with E-state index in [1.165, 1.54) is 38.5 Å². The maximum atomic E-state index is 9.95. The van der Waals surface area contributed by atoms with Gasteiger partial charge < -0.3 is 14.8 Å². The van der Waals surface area contributed by atoms with Gasteiger partial charge in [0.2, 0.25) is 0 Å². The molecule has 0 saturated heterocycles. The predicted octanol–water partition coefficient (Wildman–Crippen LogP) is 3.96. The molecule has 1 heterocycles. The number of aromatic nitrogens is 1. The molecule has 0 radical (unpaired) electrons. The number of aromatic hydroxyl groups is 1. The zero-order chi connectivity index (χ0) is 14.6. The highest BCUT2D eigenvalue weighted by Gasteiger charge is 2.51. The molecule has 4 heteroatoms. The maximum Gasteiger partial charge on any atom is 0.298 e. The summed E-state index contributed by atoms with van der Waals surface area (Å²) in [5, 5.41) is 13.5. The molecule has 4 aliphatic carbocycles. The molecule has 21 heavy (non-hydrogen) atoms. The number of anilines is 1. The predicted molar refractivity (Wildman–Crippen MR) is 81.2 cm³/mol. The van der Waals surface area contributed by atoms with Gasteiger partial charge >= 0.3 is 0 Å². The minimum atomic E-state index is 0.0657. The minimum Gasteiger partial charge on any atom is -0.491 e. The maximum absolute atomic E-state index is 9.95. The van der Waals surface area contributed by atoms with Crippen LogP contribution in [0.5, 0.6) is 5.88 Å². The highest BCUT2D eigenvalue weighted by Crippen LogP contribution is 2.56. The molecule has 4 fully saturated rings. The van der Waals surface area contributed by atoms with Crippen LogP contribution in [0.4, 0.5) is 6.01 Å². The molecular formula is C17H26N2O2. The fourth-order valence-electron chi connectivity index (χ4n) is 5.39. The number of nitrogens with zero attached hydrogens (tertiary/aromatic N) is 1. The quantitative estimate of drug-likeness (QED) is 0.881. The van der Waals surface area contributed by atoms with E-state index in [2.05, 4.69) is 24.1 Å². The van der Waals surface area contributed by atoms with Crippen LogP contribution < -0.4 is 5.32 Å². The molecule has 116 valence electrons. The molecular weight excluding hydrogens is 264 g/mol. The van der Waals surface area contributed by atoms with E-state index in [9.17, 15) is 5.11 Å². The van der Waals surface area contributed by atoms with Gasteiger partial charge in [0.1, 0.15) is 0 Å². The standard InChI is InChI=1S/C17H26N2O2/c1-10(2)3-14-15(20)18-16(21-14)19-17-7-11-4-12(8-17)6-13(5-11)9-17/h10-13,20H,3-9H2,1-2H3,(H,18,19). The zero-order valence-corrected chi connectivity index (χ0v) is 13.1. The first-order valence-corrected chi connectivity index (χ1v) is 8.48. The number of nitrogens with one attached hydrogen (secondary N) is 1. The molecule has 5 rings (SSSR count). The van der Waals surface area contributed by atoms with Crippen molar-refractivity contribution in [3.05, 3.63) is 5.76 Å². The first-order chi connectivity index (χ1) is 10.0. The Morgan fingerprint density at radius 3 is 2.29 bits per heavy atom. The summed E-state index contributed by atoms with van der Waals surface area (Å²) < 4.78 is 5.79. The van der Waals surface area contributed by atoms with E-state index in [4.69, 9.17) is 4.42 Å². The van der Waals surface area contributed by atoms with Gasteiger partial charge in [-0.2, -0.15) is 4.98 Å². The summed E-state index contributed by atoms with van der Waals surface area (Å²) in [5.74, 6) is 3.82. The number of hydrogen-bond acceptors (Lipinski definition) is 4. The molecule has 4 aliphatic rings. The van der Waals surface area contributed by atoms with Crippen LogP contribution in [0.15, 0.2) is 4.42 Å². The van der Waals surface area contributed by atoms with Gasteiger partial charge in [-0.25, -0.2) is 0 Å². The average molecular weight is 290 g/mol. The summed E-state index contributed by atoms with van der Waals surface area (Å²) in [6, 6.07) is 0.532. The molecule has 4 nitrogen and oxygen atoms in total. The normalized spacial score (nSPS) is 37.4. The van der Waals surface area contributed by atoms with Gasteiger partial charge in [0.15, 0.2) is 5.76 Å². The lowest BCUT2D eigenvalue weighted by molar-refractivity contribution is 0.00959. The minimum absolute atomic E-state index is 0.0657. The third kappa shape index (κ3) is 2.43. The fourth-order valence-corrected chi connectivity index (χ4v) is 5.39. The third-order valence-corrected chi connectivity index (χ3v) is 5.68. The van der Waals surface area contributed by atoms with Crippen molar-refractivity contribution in [2.75, 3.05) is 5.32 Å². The lowest BCUT2D eigenvalue weighted by Gasteiger charge is -2.56. The number of rotatable bonds is 4. The molecule has 1 aromatic heterocycles. The van der Waals surface area contributed by atoms with Crippen molar-refractivity contribution in [1.29, 1.82) is 0 Å².